The normalized spacial score (nSPS) is 12.4. The number of amides is 1. The molecule has 0 aliphatic rings. The molecule has 0 aromatic heterocycles. The number of hydrogen-bond acceptors (Lipinski definition) is 3. The minimum Gasteiger partial charge on any atom is -0.378 e. The van der Waals surface area contributed by atoms with E-state index in [-0.39, 0.29) is 42.5 Å². The molecule has 0 aromatic rings. The topological polar surface area (TPSA) is 66.0 Å². The van der Waals surface area contributed by atoms with E-state index in [0.717, 1.165) is 25.1 Å². The monoisotopic (exact) mass is 454 g/mol. The van der Waals surface area contributed by atoms with Crippen LogP contribution in [0.2, 0.25) is 0 Å². The van der Waals surface area contributed by atoms with Gasteiger partial charge in [0.15, 0.2) is 5.96 Å². The summed E-state index contributed by atoms with van der Waals surface area (Å²) in [5, 5.41) is 6.44. The van der Waals surface area contributed by atoms with Crippen LogP contribution in [0.15, 0.2) is 17.1 Å². The summed E-state index contributed by atoms with van der Waals surface area (Å²) < 4.78 is 5.74. The Hall–Kier alpha value is -0.830. The Balaban J connectivity index is 0. The third kappa shape index (κ3) is 12.6. The lowest BCUT2D eigenvalue weighted by Gasteiger charge is -2.21. The van der Waals surface area contributed by atoms with Crippen LogP contribution in [0.1, 0.15) is 34.1 Å². The van der Waals surface area contributed by atoms with E-state index in [1.165, 1.54) is 4.90 Å². The molecule has 0 spiro atoms. The van der Waals surface area contributed by atoms with Crippen molar-refractivity contribution in [3.05, 3.63) is 12.2 Å². The predicted octanol–water partition coefficient (Wildman–Crippen LogP) is 2.26. The highest BCUT2D eigenvalue weighted by Gasteiger charge is 2.13. The van der Waals surface area contributed by atoms with Crippen LogP contribution in [-0.4, -0.2) is 63.2 Å². The molecule has 1 amide bonds. The number of likely N-dealkylation sites (N-methyl/N-ethyl adjacent to an activating group) is 1. The van der Waals surface area contributed by atoms with E-state index in [4.69, 9.17) is 4.74 Å². The first kappa shape index (κ1) is 25.4. The van der Waals surface area contributed by atoms with Crippen LogP contribution in [0.25, 0.3) is 0 Å². The second kappa shape index (κ2) is 14.5. The van der Waals surface area contributed by atoms with E-state index in [9.17, 15) is 4.79 Å². The second-order valence-electron chi connectivity index (χ2n) is 6.22. The first-order valence-electron chi connectivity index (χ1n) is 8.26. The first-order valence-corrected chi connectivity index (χ1v) is 8.26. The first-order chi connectivity index (χ1) is 10.8. The van der Waals surface area contributed by atoms with Gasteiger partial charge >= 0.3 is 0 Å². The number of hydrogen-bond donors (Lipinski definition) is 2. The fraction of sp³-hybridized carbons (Fsp3) is 0.765. The van der Waals surface area contributed by atoms with Gasteiger partial charge in [0, 0.05) is 33.8 Å². The zero-order chi connectivity index (χ0) is 17.8. The second-order valence-corrected chi connectivity index (χ2v) is 6.22. The Morgan fingerprint density at radius 1 is 1.29 bits per heavy atom. The largest absolute Gasteiger partial charge is 0.378 e. The number of carbonyl (C=O) groups is 1. The van der Waals surface area contributed by atoms with E-state index in [1.807, 2.05) is 13.8 Å². The number of nitrogens with zero attached hydrogens (tertiary/aromatic N) is 2. The maximum atomic E-state index is 11.7. The highest BCUT2D eigenvalue weighted by molar-refractivity contribution is 14.0. The van der Waals surface area contributed by atoms with Crippen molar-refractivity contribution in [1.82, 2.24) is 15.5 Å². The van der Waals surface area contributed by atoms with Crippen LogP contribution >= 0.6 is 24.0 Å². The van der Waals surface area contributed by atoms with E-state index >= 15 is 0 Å². The molecule has 1 unspecified atom stereocenters. The van der Waals surface area contributed by atoms with Crippen LogP contribution in [0, 0.1) is 5.92 Å². The maximum absolute atomic E-state index is 11.7. The highest BCUT2D eigenvalue weighted by Crippen LogP contribution is 2.09. The van der Waals surface area contributed by atoms with Gasteiger partial charge in [0.1, 0.15) is 6.54 Å². The van der Waals surface area contributed by atoms with Crippen LogP contribution in [0.5, 0.6) is 0 Å². The summed E-state index contributed by atoms with van der Waals surface area (Å²) in [6.07, 6.45) is 1.11. The summed E-state index contributed by atoms with van der Waals surface area (Å²) in [7, 11) is 3.45. The zero-order valence-electron chi connectivity index (χ0n) is 16.0. The number of rotatable bonds is 10. The molecule has 0 bridgehead atoms. The van der Waals surface area contributed by atoms with E-state index < -0.39 is 0 Å². The van der Waals surface area contributed by atoms with Gasteiger partial charge in [-0.3, -0.25) is 4.79 Å². The molecule has 24 heavy (non-hydrogen) atoms. The van der Waals surface area contributed by atoms with Crippen LogP contribution in [0.3, 0.4) is 0 Å². The summed E-state index contributed by atoms with van der Waals surface area (Å²) in [4.78, 5) is 17.5. The Bertz CT molecular complexity index is 398. The molecule has 0 aliphatic carbocycles. The molecule has 2 N–H and O–H groups in total. The summed E-state index contributed by atoms with van der Waals surface area (Å²) >= 11 is 0. The molecule has 6 nitrogen and oxygen atoms in total. The lowest BCUT2D eigenvalue weighted by Crippen LogP contribution is -2.40. The Morgan fingerprint density at radius 2 is 1.92 bits per heavy atom. The maximum Gasteiger partial charge on any atom is 0.243 e. The van der Waals surface area contributed by atoms with Crippen LogP contribution in [-0.2, 0) is 9.53 Å². The average Bonchev–Trinajstić information content (AvgIpc) is 2.47. The molecule has 1 atom stereocenters. The molecule has 0 aromatic carbocycles. The summed E-state index contributed by atoms with van der Waals surface area (Å²) in [5.74, 6) is 1.06. The number of aliphatic imine (C=N–C) groups is 1. The van der Waals surface area contributed by atoms with Crippen molar-refractivity contribution in [3.63, 3.8) is 0 Å². The molecule has 0 heterocycles. The zero-order valence-corrected chi connectivity index (χ0v) is 18.3. The number of ether oxygens (including phenoxy) is 1. The van der Waals surface area contributed by atoms with Crippen molar-refractivity contribution in [2.75, 3.05) is 40.3 Å². The predicted molar refractivity (Wildman–Crippen MR) is 112 cm³/mol. The van der Waals surface area contributed by atoms with Gasteiger partial charge in [-0.1, -0.05) is 26.0 Å². The molecular formula is C17H35IN4O2. The van der Waals surface area contributed by atoms with Crippen molar-refractivity contribution < 1.29 is 9.53 Å². The van der Waals surface area contributed by atoms with Crippen molar-refractivity contribution in [3.8, 4) is 0 Å². The van der Waals surface area contributed by atoms with Gasteiger partial charge in [-0.2, -0.15) is 0 Å². The average molecular weight is 454 g/mol. The number of nitrogens with one attached hydrogen (secondary N) is 2. The third-order valence-corrected chi connectivity index (χ3v) is 3.27. The van der Waals surface area contributed by atoms with Crippen molar-refractivity contribution in [1.29, 1.82) is 0 Å². The van der Waals surface area contributed by atoms with Gasteiger partial charge in [-0.05, 0) is 26.2 Å². The molecule has 7 heteroatoms. The van der Waals surface area contributed by atoms with Crippen LogP contribution < -0.4 is 10.6 Å². The van der Waals surface area contributed by atoms with E-state index in [2.05, 4.69) is 36.1 Å². The molecule has 0 rings (SSSR count). The van der Waals surface area contributed by atoms with E-state index in [1.54, 1.807) is 14.1 Å². The third-order valence-electron chi connectivity index (χ3n) is 3.27. The molecule has 142 valence electrons. The summed E-state index contributed by atoms with van der Waals surface area (Å²) in [5.41, 5.74) is 1.01. The Kier molecular flexibility index (Phi) is 15.4. The van der Waals surface area contributed by atoms with Gasteiger partial charge in [-0.15, -0.1) is 24.0 Å². The SMILES string of the molecule is C=C(C)CNC(=NCC(=O)N(C)C)NCCC(OCC)C(C)C.I. The smallest absolute Gasteiger partial charge is 0.243 e. The molecule has 0 fully saturated rings. The minimum absolute atomic E-state index is 0. The van der Waals surface area contributed by atoms with Crippen LogP contribution in [0.4, 0.5) is 0 Å². The molecular weight excluding hydrogens is 419 g/mol. The molecule has 0 aliphatic heterocycles. The lowest BCUT2D eigenvalue weighted by atomic mass is 10.0. The fourth-order valence-electron chi connectivity index (χ4n) is 1.85. The van der Waals surface area contributed by atoms with Crippen molar-refractivity contribution in [2.45, 2.75) is 40.2 Å². The number of halogens is 1. The molecule has 0 saturated carbocycles. The molecule has 0 saturated heterocycles. The quantitative estimate of drug-likeness (QED) is 0.230. The lowest BCUT2D eigenvalue weighted by molar-refractivity contribution is -0.127. The Labute approximate surface area is 164 Å². The fourth-order valence-corrected chi connectivity index (χ4v) is 1.85. The minimum atomic E-state index is -0.0317. The Morgan fingerprint density at radius 3 is 2.38 bits per heavy atom. The highest BCUT2D eigenvalue weighted by atomic mass is 127. The summed E-state index contributed by atoms with van der Waals surface area (Å²) in [6, 6.07) is 0. The van der Waals surface area contributed by atoms with Gasteiger partial charge in [0.25, 0.3) is 0 Å². The van der Waals surface area contributed by atoms with Gasteiger partial charge in [-0.25, -0.2) is 4.99 Å². The van der Waals surface area contributed by atoms with Crippen molar-refractivity contribution in [2.24, 2.45) is 10.9 Å². The van der Waals surface area contributed by atoms with E-state index in [0.29, 0.717) is 18.4 Å². The van der Waals surface area contributed by atoms with Crippen molar-refractivity contribution >= 4 is 35.8 Å². The number of carbonyl (C=O) groups excluding carboxylic acids is 1. The standard InChI is InChI=1S/C17H34N4O2.HI/c1-8-23-15(14(4)5)9-10-18-17(19-11-13(2)3)20-12-16(22)21(6)7;/h14-15H,2,8-12H2,1,3-7H3,(H2,18,19,20);1H. The number of guanidine groups is 1. The molecule has 0 radical (unpaired) electrons. The summed E-state index contributed by atoms with van der Waals surface area (Å²) in [6.45, 7) is 14.3. The van der Waals surface area contributed by atoms with Gasteiger partial charge in [0.05, 0.1) is 6.10 Å². The van der Waals surface area contributed by atoms with Gasteiger partial charge in [0.2, 0.25) is 5.91 Å². The van der Waals surface area contributed by atoms with Gasteiger partial charge < -0.3 is 20.3 Å².